The van der Waals surface area contributed by atoms with E-state index in [-0.39, 0.29) is 12.5 Å². The van der Waals surface area contributed by atoms with Crippen LogP contribution >= 0.6 is 11.3 Å². The van der Waals surface area contributed by atoms with Gasteiger partial charge in [-0.1, -0.05) is 6.92 Å². The third-order valence-electron chi connectivity index (χ3n) is 2.86. The second-order valence-corrected chi connectivity index (χ2v) is 6.44. The van der Waals surface area contributed by atoms with Gasteiger partial charge in [0.2, 0.25) is 0 Å². The Kier molecular flexibility index (Phi) is 5.50. The number of nitrogens with one attached hydrogen (secondary N) is 2. The summed E-state index contributed by atoms with van der Waals surface area (Å²) in [7, 11) is 0. The SMILES string of the molecule is CCc1nc(NC(=O)NC(C)(C)CCC(=O)O)sc1C. The molecule has 7 heteroatoms. The number of amides is 2. The van der Waals surface area contributed by atoms with Crippen molar-refractivity contribution in [3.05, 3.63) is 10.6 Å². The molecule has 0 aromatic carbocycles. The number of aliphatic carboxylic acids is 1. The number of carboxylic acids is 1. The number of nitrogens with zero attached hydrogens (tertiary/aromatic N) is 1. The Morgan fingerprint density at radius 1 is 1.40 bits per heavy atom. The van der Waals surface area contributed by atoms with Gasteiger partial charge in [-0.15, -0.1) is 11.3 Å². The zero-order valence-corrected chi connectivity index (χ0v) is 13.1. The van der Waals surface area contributed by atoms with Crippen molar-refractivity contribution in [2.75, 3.05) is 5.32 Å². The number of aryl methyl sites for hydroxylation is 2. The Morgan fingerprint density at radius 2 is 2.05 bits per heavy atom. The smallest absolute Gasteiger partial charge is 0.321 e. The van der Waals surface area contributed by atoms with E-state index in [1.54, 1.807) is 13.8 Å². The number of thiazole rings is 1. The van der Waals surface area contributed by atoms with Crippen molar-refractivity contribution in [2.45, 2.75) is 52.5 Å². The quantitative estimate of drug-likeness (QED) is 0.753. The molecule has 0 aliphatic heterocycles. The van der Waals surface area contributed by atoms with Crippen LogP contribution in [-0.4, -0.2) is 27.6 Å². The van der Waals surface area contributed by atoms with E-state index in [1.807, 2.05) is 13.8 Å². The fourth-order valence-corrected chi connectivity index (χ4v) is 2.62. The molecule has 0 saturated carbocycles. The molecular weight excluding hydrogens is 278 g/mol. The zero-order chi connectivity index (χ0) is 15.3. The lowest BCUT2D eigenvalue weighted by molar-refractivity contribution is -0.137. The summed E-state index contributed by atoms with van der Waals surface area (Å²) < 4.78 is 0. The first-order valence-electron chi connectivity index (χ1n) is 6.51. The average molecular weight is 299 g/mol. The molecular formula is C13H21N3O3S. The van der Waals surface area contributed by atoms with E-state index in [2.05, 4.69) is 15.6 Å². The van der Waals surface area contributed by atoms with Gasteiger partial charge in [0.1, 0.15) is 0 Å². The van der Waals surface area contributed by atoms with Gasteiger partial charge >= 0.3 is 12.0 Å². The second-order valence-electron chi connectivity index (χ2n) is 5.23. The van der Waals surface area contributed by atoms with Gasteiger partial charge < -0.3 is 10.4 Å². The number of aromatic nitrogens is 1. The molecule has 0 saturated heterocycles. The maximum atomic E-state index is 11.9. The van der Waals surface area contributed by atoms with E-state index in [0.717, 1.165) is 17.0 Å². The molecule has 1 heterocycles. The minimum Gasteiger partial charge on any atom is -0.481 e. The summed E-state index contributed by atoms with van der Waals surface area (Å²) in [6.45, 7) is 7.57. The highest BCUT2D eigenvalue weighted by Crippen LogP contribution is 2.22. The molecule has 0 aliphatic rings. The molecule has 0 radical (unpaired) electrons. The van der Waals surface area contributed by atoms with Crippen LogP contribution in [0, 0.1) is 6.92 Å². The lowest BCUT2D eigenvalue weighted by Gasteiger charge is -2.25. The minimum atomic E-state index is -0.872. The molecule has 6 nitrogen and oxygen atoms in total. The number of hydrogen-bond donors (Lipinski definition) is 3. The van der Waals surface area contributed by atoms with Crippen LogP contribution in [-0.2, 0) is 11.2 Å². The van der Waals surface area contributed by atoms with Crippen molar-refractivity contribution < 1.29 is 14.7 Å². The maximum absolute atomic E-state index is 11.9. The number of anilines is 1. The number of urea groups is 1. The van der Waals surface area contributed by atoms with Crippen LogP contribution in [0.25, 0.3) is 0 Å². The zero-order valence-electron chi connectivity index (χ0n) is 12.2. The van der Waals surface area contributed by atoms with Crippen LogP contribution < -0.4 is 10.6 Å². The summed E-state index contributed by atoms with van der Waals surface area (Å²) in [5.74, 6) is -0.872. The lowest BCUT2D eigenvalue weighted by atomic mass is 9.99. The molecule has 112 valence electrons. The molecule has 20 heavy (non-hydrogen) atoms. The monoisotopic (exact) mass is 299 g/mol. The van der Waals surface area contributed by atoms with Crippen molar-refractivity contribution in [3.63, 3.8) is 0 Å². The molecule has 0 spiro atoms. The van der Waals surface area contributed by atoms with E-state index in [0.29, 0.717) is 11.6 Å². The first-order valence-corrected chi connectivity index (χ1v) is 7.32. The van der Waals surface area contributed by atoms with E-state index in [9.17, 15) is 9.59 Å². The Bertz CT molecular complexity index is 497. The van der Waals surface area contributed by atoms with Gasteiger partial charge in [-0.25, -0.2) is 9.78 Å². The Morgan fingerprint density at radius 3 is 2.55 bits per heavy atom. The van der Waals surface area contributed by atoms with Crippen LogP contribution in [0.4, 0.5) is 9.93 Å². The fraction of sp³-hybridized carbons (Fsp3) is 0.615. The van der Waals surface area contributed by atoms with Crippen molar-refractivity contribution in [3.8, 4) is 0 Å². The minimum absolute atomic E-state index is 0.0175. The number of carbonyl (C=O) groups is 2. The number of carboxylic acid groups (broad SMARTS) is 1. The van der Waals surface area contributed by atoms with E-state index < -0.39 is 11.5 Å². The molecule has 1 rings (SSSR count). The van der Waals surface area contributed by atoms with Gasteiger partial charge in [0, 0.05) is 16.8 Å². The van der Waals surface area contributed by atoms with Crippen molar-refractivity contribution >= 4 is 28.5 Å². The number of carbonyl (C=O) groups excluding carboxylic acids is 1. The highest BCUT2D eigenvalue weighted by atomic mass is 32.1. The second kappa shape index (κ2) is 6.69. The first-order chi connectivity index (χ1) is 9.23. The predicted octanol–water partition coefficient (Wildman–Crippen LogP) is 2.78. The van der Waals surface area contributed by atoms with Crippen LogP contribution in [0.15, 0.2) is 0 Å². The Labute approximate surface area is 122 Å². The third-order valence-corrected chi connectivity index (χ3v) is 3.79. The van der Waals surface area contributed by atoms with E-state index >= 15 is 0 Å². The summed E-state index contributed by atoms with van der Waals surface area (Å²) in [5.41, 5.74) is 0.401. The van der Waals surface area contributed by atoms with Gasteiger partial charge in [0.25, 0.3) is 0 Å². The van der Waals surface area contributed by atoms with E-state index in [4.69, 9.17) is 5.11 Å². The van der Waals surface area contributed by atoms with Crippen LogP contribution in [0.5, 0.6) is 0 Å². The average Bonchev–Trinajstić information content (AvgIpc) is 2.66. The van der Waals surface area contributed by atoms with Crippen LogP contribution in [0.1, 0.15) is 44.2 Å². The molecule has 3 N–H and O–H groups in total. The molecule has 2 amide bonds. The highest BCUT2D eigenvalue weighted by Gasteiger charge is 2.22. The molecule has 1 aromatic rings. The van der Waals surface area contributed by atoms with Gasteiger partial charge in [-0.2, -0.15) is 0 Å². The number of rotatable bonds is 6. The highest BCUT2D eigenvalue weighted by molar-refractivity contribution is 7.15. The predicted molar refractivity (Wildman–Crippen MR) is 79.3 cm³/mol. The van der Waals surface area contributed by atoms with Gasteiger partial charge in [0.05, 0.1) is 5.69 Å². The molecule has 0 fully saturated rings. The largest absolute Gasteiger partial charge is 0.481 e. The summed E-state index contributed by atoms with van der Waals surface area (Å²) in [4.78, 5) is 27.9. The Hall–Kier alpha value is -1.63. The summed E-state index contributed by atoms with van der Waals surface area (Å²) in [6, 6.07) is -0.364. The molecule has 0 aliphatic carbocycles. The first kappa shape index (κ1) is 16.4. The maximum Gasteiger partial charge on any atom is 0.321 e. The third kappa shape index (κ3) is 5.16. The topological polar surface area (TPSA) is 91.3 Å². The molecule has 0 atom stereocenters. The van der Waals surface area contributed by atoms with Gasteiger partial charge in [0.15, 0.2) is 5.13 Å². The fourth-order valence-electron chi connectivity index (χ4n) is 1.73. The van der Waals surface area contributed by atoms with Gasteiger partial charge in [-0.05, 0) is 33.6 Å². The van der Waals surface area contributed by atoms with E-state index in [1.165, 1.54) is 11.3 Å². The lowest BCUT2D eigenvalue weighted by Crippen LogP contribution is -2.45. The molecule has 0 unspecified atom stereocenters. The Balaban J connectivity index is 2.55. The summed E-state index contributed by atoms with van der Waals surface area (Å²) in [6.07, 6.45) is 1.21. The van der Waals surface area contributed by atoms with Crippen molar-refractivity contribution in [2.24, 2.45) is 0 Å². The summed E-state index contributed by atoms with van der Waals surface area (Å²) >= 11 is 1.43. The molecule has 1 aromatic heterocycles. The van der Waals surface area contributed by atoms with Gasteiger partial charge in [-0.3, -0.25) is 10.1 Å². The van der Waals surface area contributed by atoms with Crippen molar-refractivity contribution in [1.29, 1.82) is 0 Å². The standard InChI is InChI=1S/C13H21N3O3S/c1-5-9-8(2)20-12(14-9)15-11(19)16-13(3,4)7-6-10(17)18/h5-7H2,1-4H3,(H,17,18)(H2,14,15,16,19). The van der Waals surface area contributed by atoms with Crippen molar-refractivity contribution in [1.82, 2.24) is 10.3 Å². The molecule has 0 bridgehead atoms. The normalized spacial score (nSPS) is 11.2. The summed E-state index contributed by atoms with van der Waals surface area (Å²) in [5, 5.41) is 14.7. The van der Waals surface area contributed by atoms with Crippen LogP contribution in [0.3, 0.4) is 0 Å². The number of hydrogen-bond acceptors (Lipinski definition) is 4. The van der Waals surface area contributed by atoms with Crippen LogP contribution in [0.2, 0.25) is 0 Å².